The Kier molecular flexibility index (Phi) is 5.44. The number of hydrogen-bond donors (Lipinski definition) is 2. The number of rotatable bonds is 6. The van der Waals surface area contributed by atoms with Crippen LogP contribution in [-0.2, 0) is 4.79 Å². The Morgan fingerprint density at radius 1 is 1.53 bits per heavy atom. The first-order valence-corrected chi connectivity index (χ1v) is 6.19. The molecule has 3 N–H and O–H groups in total. The summed E-state index contributed by atoms with van der Waals surface area (Å²) in [6, 6.07) is 4.41. The Balaban J connectivity index is 2.68. The summed E-state index contributed by atoms with van der Waals surface area (Å²) < 4.78 is 0. The molecule has 0 saturated carbocycles. The maximum absolute atomic E-state index is 11.7. The minimum Gasteiger partial charge on any atom is -0.330 e. The fourth-order valence-electron chi connectivity index (χ4n) is 1.57. The van der Waals surface area contributed by atoms with Gasteiger partial charge < -0.3 is 11.1 Å². The topological polar surface area (TPSA) is 98.3 Å². The van der Waals surface area contributed by atoms with E-state index in [9.17, 15) is 14.9 Å². The molecule has 104 valence electrons. The number of carbonyl (C=O) groups is 1. The lowest BCUT2D eigenvalue weighted by molar-refractivity contribution is -0.384. The molecular formula is C13H19N3O3. The van der Waals surface area contributed by atoms with Crippen LogP contribution in [0.4, 0.5) is 11.4 Å². The predicted molar refractivity (Wildman–Crippen MR) is 73.9 cm³/mol. The van der Waals surface area contributed by atoms with Crippen LogP contribution in [0.5, 0.6) is 0 Å². The normalized spacial score (nSPS) is 11.9. The van der Waals surface area contributed by atoms with Crippen LogP contribution in [0.2, 0.25) is 0 Å². The zero-order valence-corrected chi connectivity index (χ0v) is 11.2. The van der Waals surface area contributed by atoms with Crippen LogP contribution in [0.25, 0.3) is 0 Å². The largest absolute Gasteiger partial charge is 0.330 e. The fraction of sp³-hybridized carbons (Fsp3) is 0.462. The third-order valence-electron chi connectivity index (χ3n) is 2.97. The number of benzene rings is 1. The van der Waals surface area contributed by atoms with E-state index in [0.717, 1.165) is 5.56 Å². The number of amides is 1. The van der Waals surface area contributed by atoms with E-state index in [2.05, 4.69) is 5.32 Å². The molecule has 0 bridgehead atoms. The fourth-order valence-corrected chi connectivity index (χ4v) is 1.57. The number of aryl methyl sites for hydroxylation is 1. The van der Waals surface area contributed by atoms with Gasteiger partial charge in [-0.1, -0.05) is 13.0 Å². The smallest absolute Gasteiger partial charge is 0.271 e. The van der Waals surface area contributed by atoms with Gasteiger partial charge in [0.2, 0.25) is 5.91 Å². The number of nitrogens with two attached hydrogens (primary N) is 1. The second kappa shape index (κ2) is 6.84. The predicted octanol–water partition coefficient (Wildman–Crippen LogP) is 2.22. The maximum Gasteiger partial charge on any atom is 0.271 e. The van der Waals surface area contributed by atoms with Crippen molar-refractivity contribution in [1.82, 2.24) is 0 Å². The van der Waals surface area contributed by atoms with Crippen molar-refractivity contribution >= 4 is 17.3 Å². The van der Waals surface area contributed by atoms with E-state index in [0.29, 0.717) is 25.1 Å². The van der Waals surface area contributed by atoms with Gasteiger partial charge in [0.25, 0.3) is 5.69 Å². The SMILES string of the molecule is Cc1ccc([N+](=O)[O-])cc1NC(=O)CCC(C)CN. The van der Waals surface area contributed by atoms with E-state index in [1.165, 1.54) is 12.1 Å². The number of hydrogen-bond acceptors (Lipinski definition) is 4. The molecule has 0 aromatic heterocycles. The van der Waals surface area contributed by atoms with Gasteiger partial charge in [0.15, 0.2) is 0 Å². The highest BCUT2D eigenvalue weighted by molar-refractivity contribution is 5.91. The first-order valence-electron chi connectivity index (χ1n) is 6.19. The van der Waals surface area contributed by atoms with Crippen molar-refractivity contribution in [3.63, 3.8) is 0 Å². The van der Waals surface area contributed by atoms with Crippen LogP contribution in [0.15, 0.2) is 18.2 Å². The van der Waals surface area contributed by atoms with Gasteiger partial charge in [0.05, 0.1) is 10.6 Å². The third-order valence-corrected chi connectivity index (χ3v) is 2.97. The Hall–Kier alpha value is -1.95. The Morgan fingerprint density at radius 3 is 2.79 bits per heavy atom. The molecule has 0 radical (unpaired) electrons. The van der Waals surface area contributed by atoms with Gasteiger partial charge in [0, 0.05) is 18.6 Å². The Labute approximate surface area is 112 Å². The van der Waals surface area contributed by atoms with Crippen LogP contribution < -0.4 is 11.1 Å². The van der Waals surface area contributed by atoms with Gasteiger partial charge in [-0.25, -0.2) is 0 Å². The summed E-state index contributed by atoms with van der Waals surface area (Å²) in [6.45, 7) is 4.32. The van der Waals surface area contributed by atoms with Crippen LogP contribution in [0.3, 0.4) is 0 Å². The number of nitro groups is 1. The van der Waals surface area contributed by atoms with Gasteiger partial charge >= 0.3 is 0 Å². The molecular weight excluding hydrogens is 246 g/mol. The minimum absolute atomic E-state index is 0.0313. The van der Waals surface area contributed by atoms with E-state index < -0.39 is 4.92 Å². The van der Waals surface area contributed by atoms with Crippen LogP contribution in [0, 0.1) is 23.0 Å². The lowest BCUT2D eigenvalue weighted by atomic mass is 10.1. The zero-order valence-electron chi connectivity index (χ0n) is 11.2. The average molecular weight is 265 g/mol. The van der Waals surface area contributed by atoms with E-state index >= 15 is 0 Å². The van der Waals surface area contributed by atoms with Crippen molar-refractivity contribution < 1.29 is 9.72 Å². The molecule has 0 saturated heterocycles. The van der Waals surface area contributed by atoms with Crippen molar-refractivity contribution in [1.29, 1.82) is 0 Å². The quantitative estimate of drug-likeness (QED) is 0.608. The summed E-state index contributed by atoms with van der Waals surface area (Å²) in [7, 11) is 0. The molecule has 1 unspecified atom stereocenters. The van der Waals surface area contributed by atoms with Gasteiger partial charge in [-0.05, 0) is 31.4 Å². The van der Waals surface area contributed by atoms with E-state index in [4.69, 9.17) is 5.73 Å². The maximum atomic E-state index is 11.7. The van der Waals surface area contributed by atoms with Crippen molar-refractivity contribution in [3.05, 3.63) is 33.9 Å². The van der Waals surface area contributed by atoms with E-state index in [1.807, 2.05) is 6.92 Å². The molecule has 0 aliphatic heterocycles. The molecule has 1 rings (SSSR count). The molecule has 6 nitrogen and oxygen atoms in total. The first kappa shape index (κ1) is 15.1. The average Bonchev–Trinajstić information content (AvgIpc) is 2.38. The van der Waals surface area contributed by atoms with Gasteiger partial charge in [0.1, 0.15) is 0 Å². The molecule has 0 aliphatic rings. The molecule has 19 heavy (non-hydrogen) atoms. The second-order valence-electron chi connectivity index (χ2n) is 4.68. The molecule has 1 amide bonds. The summed E-state index contributed by atoms with van der Waals surface area (Å²) in [5.74, 6) is 0.140. The highest BCUT2D eigenvalue weighted by atomic mass is 16.6. The monoisotopic (exact) mass is 265 g/mol. The van der Waals surface area contributed by atoms with Gasteiger partial charge in [-0.15, -0.1) is 0 Å². The molecule has 0 aliphatic carbocycles. The summed E-state index contributed by atoms with van der Waals surface area (Å²) in [5.41, 5.74) is 6.73. The van der Waals surface area contributed by atoms with Crippen molar-refractivity contribution in [2.24, 2.45) is 11.7 Å². The highest BCUT2D eigenvalue weighted by Crippen LogP contribution is 2.22. The molecule has 1 aromatic rings. The van der Waals surface area contributed by atoms with Crippen LogP contribution >= 0.6 is 0 Å². The highest BCUT2D eigenvalue weighted by Gasteiger charge is 2.11. The van der Waals surface area contributed by atoms with E-state index in [-0.39, 0.29) is 17.5 Å². The standard InChI is InChI=1S/C13H19N3O3/c1-9(8-14)3-6-13(17)15-12-7-11(16(18)19)5-4-10(12)2/h4-5,7,9H,3,6,8,14H2,1-2H3,(H,15,17). The molecule has 0 spiro atoms. The van der Waals surface area contributed by atoms with E-state index in [1.54, 1.807) is 13.0 Å². The summed E-state index contributed by atoms with van der Waals surface area (Å²) in [5, 5.41) is 13.4. The number of nitro benzene ring substituents is 1. The summed E-state index contributed by atoms with van der Waals surface area (Å²) in [6.07, 6.45) is 1.07. The second-order valence-corrected chi connectivity index (χ2v) is 4.68. The van der Waals surface area contributed by atoms with Gasteiger partial charge in [-0.3, -0.25) is 14.9 Å². The molecule has 1 aromatic carbocycles. The lowest BCUT2D eigenvalue weighted by Crippen LogP contribution is -2.16. The molecule has 0 fully saturated rings. The third kappa shape index (κ3) is 4.67. The Morgan fingerprint density at radius 2 is 2.21 bits per heavy atom. The molecule has 6 heteroatoms. The van der Waals surface area contributed by atoms with Crippen molar-refractivity contribution in [2.45, 2.75) is 26.7 Å². The number of nitrogens with one attached hydrogen (secondary N) is 1. The molecule has 0 heterocycles. The van der Waals surface area contributed by atoms with Crippen LogP contribution in [0.1, 0.15) is 25.3 Å². The van der Waals surface area contributed by atoms with Crippen LogP contribution in [-0.4, -0.2) is 17.4 Å². The summed E-state index contributed by atoms with van der Waals surface area (Å²) >= 11 is 0. The molecule has 1 atom stereocenters. The number of nitrogens with zero attached hydrogens (tertiary/aromatic N) is 1. The van der Waals surface area contributed by atoms with Crippen molar-refractivity contribution in [3.8, 4) is 0 Å². The number of anilines is 1. The first-order chi connectivity index (χ1) is 8.93. The Bertz CT molecular complexity index is 474. The lowest BCUT2D eigenvalue weighted by Gasteiger charge is -2.10. The van der Waals surface area contributed by atoms with Crippen molar-refractivity contribution in [2.75, 3.05) is 11.9 Å². The summed E-state index contributed by atoms with van der Waals surface area (Å²) in [4.78, 5) is 21.9. The number of carbonyl (C=O) groups excluding carboxylic acids is 1. The zero-order chi connectivity index (χ0) is 14.4. The van der Waals surface area contributed by atoms with Gasteiger partial charge in [-0.2, -0.15) is 0 Å². The minimum atomic E-state index is -0.481. The number of non-ortho nitro benzene ring substituents is 1.